The van der Waals surface area contributed by atoms with E-state index in [-0.39, 0.29) is 6.42 Å². The van der Waals surface area contributed by atoms with Gasteiger partial charge in [-0.15, -0.1) is 0 Å². The molecule has 2 aliphatic carbocycles. The molecule has 0 saturated heterocycles. The second-order valence-corrected chi connectivity index (χ2v) is 7.39. The fraction of sp³-hybridized carbons (Fsp3) is 0.700. The van der Waals surface area contributed by atoms with Crippen LogP contribution in [0.5, 0.6) is 0 Å². The van der Waals surface area contributed by atoms with Gasteiger partial charge < -0.3 is 5.73 Å². The smallest absolute Gasteiger partial charge is 0.266 e. The van der Waals surface area contributed by atoms with Crippen molar-refractivity contribution in [3.8, 4) is 0 Å². The second-order valence-electron chi connectivity index (χ2n) is 5.19. The van der Waals surface area contributed by atoms with Gasteiger partial charge in [0.05, 0.1) is 4.75 Å². The first-order valence-corrected chi connectivity index (χ1v) is 6.98. The molecule has 0 aromatic carbocycles. The Labute approximate surface area is 103 Å². The number of nitrogens with two attached hydrogens (primary N) is 1. The maximum atomic E-state index is 12.0. The lowest BCUT2D eigenvalue weighted by Crippen LogP contribution is -2.49. The third kappa shape index (κ3) is 2.14. The Kier molecular flexibility index (Phi) is 2.78. The van der Waals surface area contributed by atoms with Crippen LogP contribution in [0.3, 0.4) is 0 Å². The summed E-state index contributed by atoms with van der Waals surface area (Å²) in [5.74, 6) is -1.71. The molecule has 0 aromatic rings. The lowest BCUT2D eigenvalue weighted by molar-refractivity contribution is -0.121. The maximum absolute atomic E-state index is 12.0. The number of nitrogens with one attached hydrogen (secondary N) is 1. The number of halogens is 2. The third-order valence-electron chi connectivity index (χ3n) is 3.64. The Morgan fingerprint density at radius 3 is 2.44 bits per heavy atom. The Balaban J connectivity index is 2.05. The van der Waals surface area contributed by atoms with Gasteiger partial charge in [-0.2, -0.15) is 8.78 Å². The molecule has 3 N–H and O–H groups in total. The average molecular weight is 280 g/mol. The molecular formula is C10H14F2N2O3S. The summed E-state index contributed by atoms with van der Waals surface area (Å²) in [4.78, 5) is 11.7. The van der Waals surface area contributed by atoms with Gasteiger partial charge in [0.1, 0.15) is 5.54 Å². The van der Waals surface area contributed by atoms with E-state index in [1.165, 1.54) is 6.92 Å². The van der Waals surface area contributed by atoms with Crippen molar-refractivity contribution in [1.82, 2.24) is 4.72 Å². The molecule has 0 aromatic heterocycles. The molecule has 2 fully saturated rings. The van der Waals surface area contributed by atoms with Crippen molar-refractivity contribution in [2.75, 3.05) is 0 Å². The topological polar surface area (TPSA) is 89.3 Å². The number of hydrogen-bond donors (Lipinski definition) is 2. The van der Waals surface area contributed by atoms with Crippen LogP contribution in [-0.2, 0) is 14.8 Å². The van der Waals surface area contributed by atoms with Crippen molar-refractivity contribution in [1.29, 1.82) is 0 Å². The zero-order chi connectivity index (χ0) is 13.8. The van der Waals surface area contributed by atoms with Crippen molar-refractivity contribution >= 4 is 15.9 Å². The van der Waals surface area contributed by atoms with Crippen LogP contribution in [0.4, 0.5) is 8.78 Å². The first-order valence-electron chi connectivity index (χ1n) is 5.49. The minimum absolute atomic E-state index is 0.0302. The standard InChI is InChI=1S/C10H14F2N2O3S/c1-9(2-3-9)18(16,17)14-8(15)10(13)5-6(10)4-7(11)12/h4,6H,2-3,5,13H2,1H3,(H,14,15)/t6-,10-/m1/s1. The van der Waals surface area contributed by atoms with E-state index in [0.717, 1.165) is 0 Å². The molecule has 0 radical (unpaired) electrons. The number of sulfonamides is 1. The van der Waals surface area contributed by atoms with Gasteiger partial charge in [0.25, 0.3) is 12.0 Å². The predicted molar refractivity (Wildman–Crippen MR) is 60.0 cm³/mol. The number of amides is 1. The fourth-order valence-corrected chi connectivity index (χ4v) is 3.03. The van der Waals surface area contributed by atoms with Gasteiger partial charge in [-0.3, -0.25) is 9.52 Å². The van der Waals surface area contributed by atoms with Crippen LogP contribution in [-0.4, -0.2) is 24.6 Å². The fourth-order valence-electron chi connectivity index (χ4n) is 1.71. The predicted octanol–water partition coefficient (Wildman–Crippen LogP) is 0.483. The van der Waals surface area contributed by atoms with Crippen LogP contribution in [0, 0.1) is 5.92 Å². The van der Waals surface area contributed by atoms with E-state index < -0.39 is 38.2 Å². The van der Waals surface area contributed by atoms with Crippen molar-refractivity contribution in [3.05, 3.63) is 12.2 Å². The first-order chi connectivity index (χ1) is 8.11. The highest BCUT2D eigenvalue weighted by molar-refractivity contribution is 7.91. The van der Waals surface area contributed by atoms with Gasteiger partial charge in [-0.25, -0.2) is 8.42 Å². The average Bonchev–Trinajstić information content (AvgIpc) is 3.07. The SMILES string of the molecule is CC1(S(=O)(=O)NC(=O)[C@@]2(N)C[C@H]2C=C(F)F)CC1. The largest absolute Gasteiger partial charge is 0.317 e. The third-order valence-corrected chi connectivity index (χ3v) is 5.80. The number of rotatable bonds is 4. The Bertz CT molecular complexity index is 523. The van der Waals surface area contributed by atoms with E-state index in [1.807, 2.05) is 4.72 Å². The van der Waals surface area contributed by atoms with Crippen molar-refractivity contribution in [2.45, 2.75) is 36.5 Å². The summed E-state index contributed by atoms with van der Waals surface area (Å²) in [5, 5.41) is 0. The summed E-state index contributed by atoms with van der Waals surface area (Å²) in [6.45, 7) is 1.53. The molecule has 2 saturated carbocycles. The van der Waals surface area contributed by atoms with Crippen molar-refractivity contribution < 1.29 is 22.0 Å². The zero-order valence-corrected chi connectivity index (χ0v) is 10.6. The summed E-state index contributed by atoms with van der Waals surface area (Å²) in [6.07, 6.45) is -0.337. The van der Waals surface area contributed by atoms with E-state index in [2.05, 4.69) is 0 Å². The normalized spacial score (nSPS) is 32.6. The highest BCUT2D eigenvalue weighted by atomic mass is 32.2. The minimum atomic E-state index is -3.77. The molecule has 2 atom stereocenters. The van der Waals surface area contributed by atoms with Gasteiger partial charge in [0, 0.05) is 5.92 Å². The molecule has 2 rings (SSSR count). The minimum Gasteiger partial charge on any atom is -0.317 e. The van der Waals surface area contributed by atoms with E-state index in [4.69, 9.17) is 5.73 Å². The second kappa shape index (κ2) is 3.74. The molecule has 8 heteroatoms. The van der Waals surface area contributed by atoms with Gasteiger partial charge in [-0.1, -0.05) is 0 Å². The van der Waals surface area contributed by atoms with Gasteiger partial charge >= 0.3 is 0 Å². The van der Waals surface area contributed by atoms with Crippen LogP contribution in [0.1, 0.15) is 26.2 Å². The van der Waals surface area contributed by atoms with Crippen molar-refractivity contribution in [2.24, 2.45) is 11.7 Å². The molecule has 5 nitrogen and oxygen atoms in total. The van der Waals surface area contributed by atoms with Crippen LogP contribution >= 0.6 is 0 Å². The lowest BCUT2D eigenvalue weighted by Gasteiger charge is -2.15. The quantitative estimate of drug-likeness (QED) is 0.784. The highest BCUT2D eigenvalue weighted by Gasteiger charge is 2.59. The molecule has 0 heterocycles. The molecule has 0 bridgehead atoms. The number of hydrogen-bond acceptors (Lipinski definition) is 4. The molecule has 0 aliphatic heterocycles. The zero-order valence-electron chi connectivity index (χ0n) is 9.74. The summed E-state index contributed by atoms with van der Waals surface area (Å²) >= 11 is 0. The highest BCUT2D eigenvalue weighted by Crippen LogP contribution is 2.45. The summed E-state index contributed by atoms with van der Waals surface area (Å²) < 4.78 is 48.6. The van der Waals surface area contributed by atoms with Gasteiger partial charge in [0.15, 0.2) is 0 Å². The lowest BCUT2D eigenvalue weighted by atomic mass is 10.2. The van der Waals surface area contributed by atoms with E-state index in [0.29, 0.717) is 18.9 Å². The molecule has 18 heavy (non-hydrogen) atoms. The van der Waals surface area contributed by atoms with E-state index in [1.54, 1.807) is 0 Å². The van der Waals surface area contributed by atoms with Crippen molar-refractivity contribution in [3.63, 3.8) is 0 Å². The van der Waals surface area contributed by atoms with E-state index in [9.17, 15) is 22.0 Å². The first kappa shape index (κ1) is 13.4. The molecular weight excluding hydrogens is 266 g/mol. The van der Waals surface area contributed by atoms with Crippen LogP contribution in [0.2, 0.25) is 0 Å². The molecule has 1 amide bonds. The number of carbonyl (C=O) groups is 1. The molecule has 102 valence electrons. The monoisotopic (exact) mass is 280 g/mol. The molecule has 0 unspecified atom stereocenters. The summed E-state index contributed by atoms with van der Waals surface area (Å²) in [7, 11) is -3.77. The Hall–Kier alpha value is -1.02. The molecule has 2 aliphatic rings. The Morgan fingerprint density at radius 2 is 2.00 bits per heavy atom. The summed E-state index contributed by atoms with van der Waals surface area (Å²) in [6, 6.07) is 0. The summed E-state index contributed by atoms with van der Waals surface area (Å²) in [5.41, 5.74) is 4.07. The van der Waals surface area contributed by atoms with Gasteiger partial charge in [0.2, 0.25) is 10.0 Å². The number of carbonyl (C=O) groups excluding carboxylic acids is 1. The maximum Gasteiger partial charge on any atom is 0.266 e. The Morgan fingerprint density at radius 1 is 1.44 bits per heavy atom. The van der Waals surface area contributed by atoms with Crippen LogP contribution < -0.4 is 10.5 Å². The van der Waals surface area contributed by atoms with E-state index >= 15 is 0 Å². The van der Waals surface area contributed by atoms with Crippen LogP contribution in [0.15, 0.2) is 12.2 Å². The van der Waals surface area contributed by atoms with Crippen LogP contribution in [0.25, 0.3) is 0 Å². The molecule has 0 spiro atoms. The van der Waals surface area contributed by atoms with Gasteiger partial charge in [-0.05, 0) is 32.3 Å².